The van der Waals surface area contributed by atoms with Gasteiger partial charge in [-0.15, -0.1) is 45.3 Å². The van der Waals surface area contributed by atoms with E-state index in [-0.39, 0.29) is 10.8 Å². The molecular formula is C132H102N6S4. The van der Waals surface area contributed by atoms with Crippen molar-refractivity contribution in [1.82, 2.24) is 19.9 Å². The first kappa shape index (κ1) is 86.2. The van der Waals surface area contributed by atoms with Gasteiger partial charge in [-0.05, 0) is 286 Å². The van der Waals surface area contributed by atoms with Crippen LogP contribution in [0.2, 0.25) is 0 Å². The van der Waals surface area contributed by atoms with Crippen molar-refractivity contribution >= 4 is 162 Å². The number of aryl methyl sites for hydroxylation is 4. The third-order valence-corrected chi connectivity index (χ3v) is 35.0. The molecule has 684 valence electrons. The van der Waals surface area contributed by atoms with E-state index < -0.39 is 0 Å². The van der Waals surface area contributed by atoms with Gasteiger partial charge < -0.3 is 9.80 Å². The van der Waals surface area contributed by atoms with E-state index in [1.807, 2.05) is 22.7 Å². The van der Waals surface area contributed by atoms with Gasteiger partial charge >= 0.3 is 0 Å². The summed E-state index contributed by atoms with van der Waals surface area (Å²) in [6.45, 7) is 18.3. The fourth-order valence-electron chi connectivity index (χ4n) is 23.9. The zero-order valence-electron chi connectivity index (χ0n) is 80.4. The topological polar surface area (TPSA) is 58.0 Å². The third-order valence-electron chi connectivity index (χ3n) is 30.6. The second-order valence-corrected chi connectivity index (χ2v) is 45.3. The largest absolute Gasteiger partial charge is 0.371 e. The van der Waals surface area contributed by atoms with Gasteiger partial charge in [0, 0.05) is 59.8 Å². The van der Waals surface area contributed by atoms with Crippen LogP contribution in [0.25, 0.3) is 237 Å². The van der Waals surface area contributed by atoms with Crippen LogP contribution < -0.4 is 9.80 Å². The lowest BCUT2D eigenvalue weighted by molar-refractivity contribution is 0.591. The van der Waals surface area contributed by atoms with E-state index in [0.717, 1.165) is 67.9 Å². The predicted molar refractivity (Wildman–Crippen MR) is 611 cm³/mol. The second kappa shape index (κ2) is 34.5. The second-order valence-electron chi connectivity index (χ2n) is 41.2. The normalized spacial score (nSPS) is 13.8. The Balaban J connectivity index is 0.000000143. The van der Waals surface area contributed by atoms with E-state index in [9.17, 15) is 0 Å². The molecule has 0 bridgehead atoms. The van der Waals surface area contributed by atoms with Crippen molar-refractivity contribution in [2.45, 2.75) is 104 Å². The van der Waals surface area contributed by atoms with Gasteiger partial charge in [0.1, 0.15) is 20.0 Å². The summed E-state index contributed by atoms with van der Waals surface area (Å²) in [7, 11) is 0. The molecule has 0 unspecified atom stereocenters. The lowest BCUT2D eigenvalue weighted by Gasteiger charge is -2.36. The first-order valence-electron chi connectivity index (χ1n) is 50.4. The van der Waals surface area contributed by atoms with Crippen LogP contribution in [-0.2, 0) is 36.5 Å². The Morgan fingerprint density at radius 3 is 0.704 bits per heavy atom. The van der Waals surface area contributed by atoms with Crippen LogP contribution in [0.3, 0.4) is 0 Å². The first-order chi connectivity index (χ1) is 69.7. The first-order valence-corrected chi connectivity index (χ1v) is 53.7. The molecule has 10 heteroatoms. The maximum atomic E-state index is 5.39. The van der Waals surface area contributed by atoms with Crippen LogP contribution in [0.4, 0.5) is 11.4 Å². The molecular weight excluding hydrogens is 1800 g/mol. The summed E-state index contributed by atoms with van der Waals surface area (Å²) < 4.78 is 5.20. The highest BCUT2D eigenvalue weighted by Crippen LogP contribution is 2.59. The molecule has 24 aromatic rings. The van der Waals surface area contributed by atoms with Crippen molar-refractivity contribution in [2.24, 2.45) is 0 Å². The van der Waals surface area contributed by atoms with E-state index in [0.29, 0.717) is 0 Å². The summed E-state index contributed by atoms with van der Waals surface area (Å²) in [5.41, 5.74) is 40.4. The van der Waals surface area contributed by atoms with Gasteiger partial charge in [-0.1, -0.05) is 369 Å². The molecule has 28 rings (SSSR count). The number of hydrogen-bond donors (Lipinski definition) is 0. The Labute approximate surface area is 843 Å². The fourth-order valence-corrected chi connectivity index (χ4v) is 28.2. The maximum absolute atomic E-state index is 5.39. The number of hydrogen-bond acceptors (Lipinski definition) is 10. The van der Waals surface area contributed by atoms with Crippen molar-refractivity contribution in [3.8, 4) is 131 Å². The molecule has 142 heavy (non-hydrogen) atoms. The highest BCUT2D eigenvalue weighted by molar-refractivity contribution is 7.23. The molecule has 0 atom stereocenters. The van der Waals surface area contributed by atoms with Crippen LogP contribution in [0.5, 0.6) is 0 Å². The van der Waals surface area contributed by atoms with Crippen LogP contribution >= 0.6 is 45.3 Å². The van der Waals surface area contributed by atoms with Gasteiger partial charge in [0.2, 0.25) is 0 Å². The molecule has 4 aromatic heterocycles. The molecule has 0 aliphatic carbocycles. The standard InChI is InChI=1S/C68H52N4S2.C64H50N2S2/c1-3-15-41(16-4-1)57-49-21-7-8-22-50(49)58(42-17-5-2-6-18-42)62-60(44-29-33-46(34-30-44)68-70-56-40-48-20-12-36-72-38-14-26-54(64(48)72)66(56)74-68)52-24-10-9-23-51(52)59(61(57)62)43-27-31-45(32-28-43)67-69-55-39-47-19-11-35-71-37-13-25-53(63(47)71)65(55)73-67;1-63(2,3)45-33-35-51-53(37-45)67-61(65-51)43-29-25-41(26-30-43)57-49-23-15-16-24-50(49)58(42-27-31-44(32-28-42)62-66-52-36-34-46(64(4,5)6)38-54(52)68-62)60-56(40-19-11-8-12-20-40)48-22-14-13-21-47(48)55(59(57)60)39-17-9-7-10-18-39/h1-10,15-18,21-24,27-34,39-40H,11-14,19-20,25-26,35-38H2;7-38H,1-6H3. The zero-order chi connectivity index (χ0) is 94.7. The van der Waals surface area contributed by atoms with Gasteiger partial charge in [0.05, 0.1) is 40.9 Å². The van der Waals surface area contributed by atoms with E-state index in [2.05, 4.69) is 415 Å². The Morgan fingerprint density at radius 2 is 0.444 bits per heavy atom. The van der Waals surface area contributed by atoms with Crippen molar-refractivity contribution in [1.29, 1.82) is 0 Å². The molecule has 8 heterocycles. The molecule has 0 spiro atoms. The van der Waals surface area contributed by atoms with Crippen molar-refractivity contribution in [3.63, 3.8) is 0 Å². The Morgan fingerprint density at radius 1 is 0.218 bits per heavy atom. The van der Waals surface area contributed by atoms with E-state index in [1.54, 1.807) is 22.7 Å². The number of fused-ring (bicyclic) bond motifs is 12. The molecule has 0 saturated carbocycles. The predicted octanol–water partition coefficient (Wildman–Crippen LogP) is 36.7. The summed E-state index contributed by atoms with van der Waals surface area (Å²) in [6.07, 6.45) is 9.49. The SMILES string of the molecule is CC(C)(C)c1ccc2nc(-c3ccc(-c4c5ccccc5c(-c5ccc(-c6nc7ccc(C(C)(C)C)cc7s6)cc5)c5c(-c6ccccc6)c6ccccc6c(-c6ccccc6)c45)cc3)sc2c1.c1ccc(-c2c3ccccc3c(-c3ccccc3)c3c(-c4ccc(-c5nc6cc7c8c(c6s5)CCCN8CCC7)cc4)c4ccccc4c(-c4ccc(-c5nc6cc7c8c(c6s5)CCCN8CCC7)cc4)c23)cc1. The average Bonchev–Trinajstić information content (AvgIpc) is 0.852. The monoisotopic (exact) mass is 1900 g/mol. The molecule has 20 aromatic carbocycles. The van der Waals surface area contributed by atoms with Gasteiger partial charge in [-0.25, -0.2) is 19.9 Å². The van der Waals surface area contributed by atoms with Crippen LogP contribution in [0.15, 0.2) is 364 Å². The molecule has 4 aliphatic rings. The van der Waals surface area contributed by atoms with Gasteiger partial charge in [-0.3, -0.25) is 0 Å². The fraction of sp³-hybridized carbons (Fsp3) is 0.152. The maximum Gasteiger partial charge on any atom is 0.124 e. The molecule has 0 fully saturated rings. The zero-order valence-corrected chi connectivity index (χ0v) is 83.7. The van der Waals surface area contributed by atoms with Gasteiger partial charge in [-0.2, -0.15) is 0 Å². The number of rotatable bonds is 12. The van der Waals surface area contributed by atoms with Crippen molar-refractivity contribution in [3.05, 3.63) is 397 Å². The van der Waals surface area contributed by atoms with Gasteiger partial charge in [0.15, 0.2) is 0 Å². The number of thiazole rings is 4. The van der Waals surface area contributed by atoms with Crippen LogP contribution in [0, 0.1) is 0 Å². The van der Waals surface area contributed by atoms with Crippen LogP contribution in [-0.4, -0.2) is 46.1 Å². The third kappa shape index (κ3) is 14.6. The summed E-state index contributed by atoms with van der Waals surface area (Å²) in [6, 6.07) is 136. The van der Waals surface area contributed by atoms with E-state index in [4.69, 9.17) is 19.9 Å². The summed E-state index contributed by atoms with van der Waals surface area (Å²) in [5.74, 6) is 0. The minimum absolute atomic E-state index is 0.0724. The lowest BCUT2D eigenvalue weighted by atomic mass is 9.77. The Bertz CT molecular complexity index is 8670. The molecule has 6 nitrogen and oxygen atoms in total. The average molecular weight is 1900 g/mol. The number of aromatic nitrogens is 4. The van der Waals surface area contributed by atoms with Crippen molar-refractivity contribution in [2.75, 3.05) is 36.0 Å². The smallest absolute Gasteiger partial charge is 0.124 e. The number of anilines is 2. The molecule has 0 saturated heterocycles. The minimum atomic E-state index is 0.0724. The quantitative estimate of drug-likeness (QED) is 0.114. The van der Waals surface area contributed by atoms with Gasteiger partial charge in [0.25, 0.3) is 0 Å². The highest BCUT2D eigenvalue weighted by atomic mass is 32.1. The number of nitrogens with zero attached hydrogens (tertiary/aromatic N) is 6. The number of benzene rings is 20. The molecule has 0 N–H and O–H groups in total. The van der Waals surface area contributed by atoms with Crippen LogP contribution in [0.1, 0.15) is 101 Å². The molecule has 4 aliphatic heterocycles. The lowest BCUT2D eigenvalue weighted by Crippen LogP contribution is -2.34. The summed E-state index contributed by atoms with van der Waals surface area (Å²) >= 11 is 7.32. The van der Waals surface area contributed by atoms with E-state index >= 15 is 0 Å². The van der Waals surface area contributed by atoms with E-state index in [1.165, 1.54) is 291 Å². The van der Waals surface area contributed by atoms with Crippen molar-refractivity contribution < 1.29 is 0 Å². The highest BCUT2D eigenvalue weighted by Gasteiger charge is 2.34. The minimum Gasteiger partial charge on any atom is -0.371 e. The summed E-state index contributed by atoms with van der Waals surface area (Å²) in [4.78, 5) is 26.4. The Hall–Kier alpha value is -14.9. The molecule has 0 radical (unpaired) electrons. The summed E-state index contributed by atoms with van der Waals surface area (Å²) in [5, 5.41) is 19.2. The molecule has 0 amide bonds. The Kier molecular flexibility index (Phi) is 21.0.